The molecule has 0 amide bonds. The minimum Gasteiger partial charge on any atom is -0.466 e. The van der Waals surface area contributed by atoms with Crippen LogP contribution in [0.3, 0.4) is 0 Å². The molecule has 0 saturated carbocycles. The molecule has 2 nitrogen and oxygen atoms in total. The van der Waals surface area contributed by atoms with Gasteiger partial charge in [-0.15, -0.1) is 0 Å². The third-order valence-corrected chi connectivity index (χ3v) is 2.31. The summed E-state index contributed by atoms with van der Waals surface area (Å²) in [4.78, 5) is 10.9. The molecule has 0 bridgehead atoms. The molecule has 13 heavy (non-hydrogen) atoms. The van der Waals surface area contributed by atoms with Crippen molar-refractivity contribution < 1.29 is 9.53 Å². The van der Waals surface area contributed by atoms with Crippen LogP contribution in [-0.4, -0.2) is 17.8 Å². The van der Waals surface area contributed by atoms with Crippen LogP contribution in [0.4, 0.5) is 0 Å². The van der Waals surface area contributed by atoms with E-state index in [-0.39, 0.29) is 5.97 Å². The molecule has 0 fully saturated rings. The van der Waals surface area contributed by atoms with E-state index in [4.69, 9.17) is 4.74 Å². The Morgan fingerprint density at radius 3 is 2.54 bits per heavy atom. The van der Waals surface area contributed by atoms with Crippen LogP contribution in [-0.2, 0) is 9.53 Å². The monoisotopic (exact) mass is 204 g/mol. The van der Waals surface area contributed by atoms with Crippen LogP contribution >= 0.6 is 12.6 Å². The van der Waals surface area contributed by atoms with Crippen molar-refractivity contribution in [3.8, 4) is 0 Å². The lowest BCUT2D eigenvalue weighted by Gasteiger charge is -2.09. The highest BCUT2D eigenvalue weighted by atomic mass is 32.1. The minimum absolute atomic E-state index is 0.0838. The number of ether oxygens (including phenoxy) is 1. The minimum atomic E-state index is -0.0838. The predicted octanol–water partition coefficient (Wildman–Crippen LogP) is 2.82. The quantitative estimate of drug-likeness (QED) is 0.510. The normalized spacial score (nSPS) is 12.5. The predicted molar refractivity (Wildman–Crippen MR) is 58.2 cm³/mol. The van der Waals surface area contributed by atoms with Crippen molar-refractivity contribution in [2.75, 3.05) is 6.61 Å². The third kappa shape index (κ3) is 8.16. The summed E-state index contributed by atoms with van der Waals surface area (Å²) in [5.41, 5.74) is 0. The van der Waals surface area contributed by atoms with E-state index < -0.39 is 0 Å². The molecule has 0 aliphatic carbocycles. The van der Waals surface area contributed by atoms with Gasteiger partial charge in [-0.05, 0) is 19.3 Å². The zero-order chi connectivity index (χ0) is 10.1. The largest absolute Gasteiger partial charge is 0.466 e. The second-order valence-electron chi connectivity index (χ2n) is 3.20. The van der Waals surface area contributed by atoms with Crippen LogP contribution < -0.4 is 0 Å². The Hall–Kier alpha value is -0.180. The Bertz CT molecular complexity index is 137. The Morgan fingerprint density at radius 2 is 2.00 bits per heavy atom. The summed E-state index contributed by atoms with van der Waals surface area (Å²) < 4.78 is 5.01. The van der Waals surface area contributed by atoms with Gasteiger partial charge in [-0.25, -0.2) is 0 Å². The molecule has 0 spiro atoms. The SMILES string of the molecule is CCCC(=O)OCCC(S)CCC. The number of hydrogen-bond donors (Lipinski definition) is 1. The van der Waals surface area contributed by atoms with E-state index in [0.29, 0.717) is 18.3 Å². The molecule has 0 aliphatic heterocycles. The fourth-order valence-electron chi connectivity index (χ4n) is 1.06. The van der Waals surface area contributed by atoms with Gasteiger partial charge in [0, 0.05) is 11.7 Å². The molecular weight excluding hydrogens is 184 g/mol. The molecule has 1 atom stereocenters. The summed E-state index contributed by atoms with van der Waals surface area (Å²) in [5, 5.41) is 0.374. The highest BCUT2D eigenvalue weighted by Gasteiger charge is 2.04. The Balaban J connectivity index is 3.28. The van der Waals surface area contributed by atoms with Crippen molar-refractivity contribution in [1.29, 1.82) is 0 Å². The molecule has 0 aromatic rings. The molecule has 0 N–H and O–H groups in total. The van der Waals surface area contributed by atoms with Crippen LogP contribution in [0.1, 0.15) is 46.0 Å². The number of hydrogen-bond acceptors (Lipinski definition) is 3. The van der Waals surface area contributed by atoms with Crippen LogP contribution in [0.25, 0.3) is 0 Å². The van der Waals surface area contributed by atoms with Crippen LogP contribution in [0.5, 0.6) is 0 Å². The van der Waals surface area contributed by atoms with E-state index in [1.165, 1.54) is 0 Å². The van der Waals surface area contributed by atoms with Crippen LogP contribution in [0.2, 0.25) is 0 Å². The van der Waals surface area contributed by atoms with Gasteiger partial charge in [0.15, 0.2) is 0 Å². The van der Waals surface area contributed by atoms with Crippen molar-refractivity contribution in [1.82, 2.24) is 0 Å². The number of esters is 1. The third-order valence-electron chi connectivity index (χ3n) is 1.79. The van der Waals surface area contributed by atoms with Crippen molar-refractivity contribution in [3.63, 3.8) is 0 Å². The zero-order valence-electron chi connectivity index (χ0n) is 8.58. The van der Waals surface area contributed by atoms with Crippen molar-refractivity contribution in [2.45, 2.75) is 51.2 Å². The average molecular weight is 204 g/mol. The molecule has 3 heteroatoms. The Morgan fingerprint density at radius 1 is 1.31 bits per heavy atom. The molecule has 0 rings (SSSR count). The van der Waals surface area contributed by atoms with Gasteiger partial charge in [0.1, 0.15) is 0 Å². The standard InChI is InChI=1S/C10H20O2S/c1-3-5-9(13)7-8-12-10(11)6-4-2/h9,13H,3-8H2,1-2H3. The summed E-state index contributed by atoms with van der Waals surface area (Å²) in [7, 11) is 0. The first kappa shape index (κ1) is 12.8. The van der Waals surface area contributed by atoms with Crippen molar-refractivity contribution in [2.24, 2.45) is 0 Å². The summed E-state index contributed by atoms with van der Waals surface area (Å²) in [5.74, 6) is -0.0838. The van der Waals surface area contributed by atoms with Gasteiger partial charge in [0.2, 0.25) is 0 Å². The Labute approximate surface area is 86.5 Å². The lowest BCUT2D eigenvalue weighted by molar-refractivity contribution is -0.143. The highest BCUT2D eigenvalue weighted by Crippen LogP contribution is 2.09. The second-order valence-corrected chi connectivity index (χ2v) is 3.93. The maximum atomic E-state index is 10.9. The first-order valence-electron chi connectivity index (χ1n) is 5.04. The highest BCUT2D eigenvalue weighted by molar-refractivity contribution is 7.80. The molecule has 0 saturated heterocycles. The smallest absolute Gasteiger partial charge is 0.305 e. The van der Waals surface area contributed by atoms with Crippen molar-refractivity contribution in [3.05, 3.63) is 0 Å². The average Bonchev–Trinajstić information content (AvgIpc) is 2.05. The van der Waals surface area contributed by atoms with Gasteiger partial charge in [0.05, 0.1) is 6.61 Å². The first-order valence-corrected chi connectivity index (χ1v) is 5.56. The topological polar surface area (TPSA) is 26.3 Å². The summed E-state index contributed by atoms with van der Waals surface area (Å²) in [6.45, 7) is 4.62. The van der Waals surface area contributed by atoms with Gasteiger partial charge in [-0.3, -0.25) is 4.79 Å². The maximum absolute atomic E-state index is 10.9. The fraction of sp³-hybridized carbons (Fsp3) is 0.900. The lowest BCUT2D eigenvalue weighted by Crippen LogP contribution is -2.09. The van der Waals surface area contributed by atoms with Gasteiger partial charge in [-0.2, -0.15) is 12.6 Å². The molecular formula is C10H20O2S. The Kier molecular flexibility index (Phi) is 8.30. The van der Waals surface area contributed by atoms with Gasteiger partial charge in [-0.1, -0.05) is 20.3 Å². The summed E-state index contributed by atoms with van der Waals surface area (Å²) >= 11 is 4.37. The zero-order valence-corrected chi connectivity index (χ0v) is 9.48. The first-order chi connectivity index (χ1) is 6.20. The van der Waals surface area contributed by atoms with Gasteiger partial charge < -0.3 is 4.74 Å². The molecule has 0 aromatic heterocycles. The summed E-state index contributed by atoms with van der Waals surface area (Å²) in [6.07, 6.45) is 4.49. The van der Waals surface area contributed by atoms with E-state index >= 15 is 0 Å². The van der Waals surface area contributed by atoms with Crippen LogP contribution in [0.15, 0.2) is 0 Å². The van der Waals surface area contributed by atoms with E-state index in [9.17, 15) is 4.79 Å². The van der Waals surface area contributed by atoms with E-state index in [0.717, 1.165) is 25.7 Å². The van der Waals surface area contributed by atoms with Crippen molar-refractivity contribution >= 4 is 18.6 Å². The van der Waals surface area contributed by atoms with E-state index in [2.05, 4.69) is 19.6 Å². The summed E-state index contributed by atoms with van der Waals surface area (Å²) in [6, 6.07) is 0. The number of carbonyl (C=O) groups is 1. The number of carbonyl (C=O) groups excluding carboxylic acids is 1. The maximum Gasteiger partial charge on any atom is 0.305 e. The lowest BCUT2D eigenvalue weighted by atomic mass is 10.2. The van der Waals surface area contributed by atoms with E-state index in [1.807, 2.05) is 6.92 Å². The van der Waals surface area contributed by atoms with E-state index in [1.54, 1.807) is 0 Å². The second kappa shape index (κ2) is 8.42. The van der Waals surface area contributed by atoms with Gasteiger partial charge in [0.25, 0.3) is 0 Å². The fourth-order valence-corrected chi connectivity index (χ4v) is 1.43. The molecule has 0 aliphatic rings. The number of thiol groups is 1. The molecule has 0 aromatic carbocycles. The molecule has 0 radical (unpaired) electrons. The van der Waals surface area contributed by atoms with Crippen LogP contribution in [0, 0.1) is 0 Å². The molecule has 1 unspecified atom stereocenters. The number of rotatable bonds is 7. The molecule has 0 heterocycles. The van der Waals surface area contributed by atoms with Gasteiger partial charge >= 0.3 is 5.97 Å². The molecule has 78 valence electrons.